The van der Waals surface area contributed by atoms with Gasteiger partial charge in [0.2, 0.25) is 10.0 Å². The molecule has 8 nitrogen and oxygen atoms in total. The molecule has 238 valence electrons. The molecule has 1 aliphatic heterocycles. The monoisotopic (exact) mass is 709 g/mol. The first kappa shape index (κ1) is 33.3. The fourth-order valence-corrected chi connectivity index (χ4v) is 9.36. The minimum atomic E-state index is -4.00. The number of hydrogen-bond donors (Lipinski definition) is 0. The van der Waals surface area contributed by atoms with Gasteiger partial charge in [-0.25, -0.2) is 18.2 Å². The highest BCUT2D eigenvalue weighted by molar-refractivity contribution is 8.02. The number of halogens is 5. The number of esters is 1. The number of hydrogen-bond acceptors (Lipinski definition) is 7. The van der Waals surface area contributed by atoms with Crippen molar-refractivity contribution in [2.24, 2.45) is 11.8 Å². The van der Waals surface area contributed by atoms with Gasteiger partial charge in [-0.05, 0) is 54.5 Å². The van der Waals surface area contributed by atoms with Crippen LogP contribution < -0.4 is 14.5 Å². The predicted octanol–water partition coefficient (Wildman–Crippen LogP) is 6.43. The predicted molar refractivity (Wildman–Crippen MR) is 165 cm³/mol. The smallest absolute Gasteiger partial charge is 0.387 e. The summed E-state index contributed by atoms with van der Waals surface area (Å²) in [6.07, 6.45) is 8.78. The SMILES string of the molecule is CC1C=CC(Cl)=CC1S(=O)(=O)N1CCSC1C(=O)O[C@@H](Cc1c(Cl)c[nH+]cc1Cl)c1ccc(OC(F)F)c(OCC2CC2)c1. The summed E-state index contributed by atoms with van der Waals surface area (Å²) in [4.78, 5) is 16.6. The number of nitrogens with one attached hydrogen (secondary N) is 1. The summed E-state index contributed by atoms with van der Waals surface area (Å²) < 4.78 is 71.4. The fourth-order valence-electron chi connectivity index (χ4n) is 4.94. The van der Waals surface area contributed by atoms with Crippen molar-refractivity contribution in [3.63, 3.8) is 0 Å². The van der Waals surface area contributed by atoms with Gasteiger partial charge in [-0.15, -0.1) is 11.8 Å². The van der Waals surface area contributed by atoms with E-state index in [-0.39, 0.29) is 40.4 Å². The number of aromatic amines is 1. The molecule has 3 aliphatic rings. The Kier molecular flexibility index (Phi) is 10.7. The number of rotatable bonds is 12. The van der Waals surface area contributed by atoms with Gasteiger partial charge >= 0.3 is 12.6 Å². The number of H-pyrrole nitrogens is 1. The van der Waals surface area contributed by atoms with Crippen LogP contribution in [0.15, 0.2) is 53.9 Å². The maximum absolute atomic E-state index is 13.8. The first-order valence-electron chi connectivity index (χ1n) is 13.9. The second kappa shape index (κ2) is 14.1. The van der Waals surface area contributed by atoms with Crippen LogP contribution in [0.5, 0.6) is 11.5 Å². The molecule has 0 radical (unpaired) electrons. The topological polar surface area (TPSA) is 96.3 Å². The highest BCUT2D eigenvalue weighted by atomic mass is 35.5. The number of nitrogens with zero attached hydrogens (tertiary/aromatic N) is 1. The minimum Gasteiger partial charge on any atom is -0.489 e. The quantitative estimate of drug-likeness (QED) is 0.235. The molecule has 1 aromatic carbocycles. The van der Waals surface area contributed by atoms with E-state index in [9.17, 15) is 22.0 Å². The Hall–Kier alpha value is -2.09. The summed E-state index contributed by atoms with van der Waals surface area (Å²) in [6, 6.07) is 4.28. The van der Waals surface area contributed by atoms with Crippen LogP contribution in [0, 0.1) is 11.8 Å². The van der Waals surface area contributed by atoms with E-state index in [1.165, 1.54) is 36.7 Å². The highest BCUT2D eigenvalue weighted by Gasteiger charge is 2.45. The lowest BCUT2D eigenvalue weighted by atomic mass is 10.0. The van der Waals surface area contributed by atoms with Crippen LogP contribution in [0.3, 0.4) is 0 Å². The van der Waals surface area contributed by atoms with Gasteiger partial charge in [0.25, 0.3) is 0 Å². The number of allylic oxidation sites excluding steroid dienone is 3. The molecule has 15 heteroatoms. The molecule has 1 N–H and O–H groups in total. The van der Waals surface area contributed by atoms with Gasteiger partial charge in [0, 0.05) is 29.3 Å². The zero-order valence-corrected chi connectivity index (χ0v) is 27.3. The van der Waals surface area contributed by atoms with Crippen LogP contribution in [0.2, 0.25) is 10.0 Å². The van der Waals surface area contributed by atoms with E-state index in [2.05, 4.69) is 9.72 Å². The van der Waals surface area contributed by atoms with Crippen LogP contribution >= 0.6 is 46.6 Å². The molecule has 1 aromatic heterocycles. The number of aromatic nitrogens is 1. The summed E-state index contributed by atoms with van der Waals surface area (Å²) >= 11 is 20.1. The second-order valence-corrected chi connectivity index (χ2v) is 15.2. The molecule has 1 saturated heterocycles. The number of pyridine rings is 1. The Balaban J connectivity index is 1.45. The van der Waals surface area contributed by atoms with E-state index in [1.807, 2.05) is 0 Å². The Morgan fingerprint density at radius 3 is 2.57 bits per heavy atom. The van der Waals surface area contributed by atoms with Crippen molar-refractivity contribution in [3.05, 3.63) is 75.0 Å². The number of benzene rings is 1. The maximum atomic E-state index is 13.8. The fraction of sp³-hybridized carbons (Fsp3) is 0.448. The normalized spacial score (nSPS) is 23.0. The van der Waals surface area contributed by atoms with Crippen molar-refractivity contribution in [1.82, 2.24) is 4.31 Å². The molecule has 2 fully saturated rings. The van der Waals surface area contributed by atoms with Gasteiger partial charge in [-0.2, -0.15) is 13.1 Å². The summed E-state index contributed by atoms with van der Waals surface area (Å²) in [7, 11) is -4.00. The van der Waals surface area contributed by atoms with Crippen molar-refractivity contribution in [3.8, 4) is 11.5 Å². The highest BCUT2D eigenvalue weighted by Crippen LogP contribution is 2.39. The summed E-state index contributed by atoms with van der Waals surface area (Å²) in [6.45, 7) is -0.880. The van der Waals surface area contributed by atoms with E-state index in [4.69, 9.17) is 44.3 Å². The molecule has 1 saturated carbocycles. The third-order valence-corrected chi connectivity index (χ3v) is 12.0. The van der Waals surface area contributed by atoms with E-state index in [0.717, 1.165) is 28.9 Å². The minimum absolute atomic E-state index is 0.00212. The Labute approximate surface area is 273 Å². The second-order valence-electron chi connectivity index (χ2n) is 10.7. The summed E-state index contributed by atoms with van der Waals surface area (Å²) in [5.41, 5.74) is 0.855. The molecular weight excluding hydrogens is 681 g/mol. The first-order valence-corrected chi connectivity index (χ1v) is 17.6. The van der Waals surface area contributed by atoms with Gasteiger partial charge in [-0.1, -0.05) is 53.9 Å². The molecule has 2 heterocycles. The lowest BCUT2D eigenvalue weighted by Gasteiger charge is -2.30. The van der Waals surface area contributed by atoms with Gasteiger partial charge < -0.3 is 14.2 Å². The van der Waals surface area contributed by atoms with Crippen molar-refractivity contribution < 1.29 is 41.2 Å². The van der Waals surface area contributed by atoms with Gasteiger partial charge in [0.05, 0.1) is 6.61 Å². The van der Waals surface area contributed by atoms with Crippen LogP contribution in [-0.4, -0.2) is 54.8 Å². The molecular formula is C29H30Cl3F2N2O6S2+. The van der Waals surface area contributed by atoms with Crippen molar-refractivity contribution in [2.45, 2.75) is 49.5 Å². The number of alkyl halides is 2. The lowest BCUT2D eigenvalue weighted by Crippen LogP contribution is -2.46. The number of ether oxygens (including phenoxy) is 3. The number of carbonyl (C=O) groups excluding carboxylic acids is 1. The van der Waals surface area contributed by atoms with Crippen LogP contribution in [0.1, 0.15) is 37.0 Å². The maximum Gasteiger partial charge on any atom is 0.387 e. The molecule has 3 unspecified atom stereocenters. The van der Waals surface area contributed by atoms with E-state index >= 15 is 0 Å². The Morgan fingerprint density at radius 2 is 1.89 bits per heavy atom. The van der Waals surface area contributed by atoms with Gasteiger partial charge in [0.15, 0.2) is 29.3 Å². The molecule has 5 rings (SSSR count). The largest absolute Gasteiger partial charge is 0.489 e. The number of carbonyl (C=O) groups is 1. The average Bonchev–Trinajstić information content (AvgIpc) is 3.66. The third kappa shape index (κ3) is 7.82. The molecule has 2 aliphatic carbocycles. The molecule has 2 aromatic rings. The number of sulfonamides is 1. The van der Waals surface area contributed by atoms with Crippen molar-refractivity contribution in [1.29, 1.82) is 0 Å². The number of thioether (sulfide) groups is 1. The van der Waals surface area contributed by atoms with E-state index in [0.29, 0.717) is 34.4 Å². The summed E-state index contributed by atoms with van der Waals surface area (Å²) in [5, 5.41) is -1.24. The molecule has 0 bridgehead atoms. The van der Waals surface area contributed by atoms with Gasteiger partial charge in [0.1, 0.15) is 21.4 Å². The summed E-state index contributed by atoms with van der Waals surface area (Å²) in [5.74, 6) is -0.548. The molecule has 4 atom stereocenters. The molecule has 44 heavy (non-hydrogen) atoms. The van der Waals surface area contributed by atoms with E-state index < -0.39 is 39.3 Å². The van der Waals surface area contributed by atoms with Crippen molar-refractivity contribution in [2.75, 3.05) is 18.9 Å². The van der Waals surface area contributed by atoms with Crippen molar-refractivity contribution >= 4 is 62.6 Å². The third-order valence-electron chi connectivity index (χ3n) is 7.49. The first-order chi connectivity index (χ1) is 20.9. The molecule has 0 amide bonds. The van der Waals surface area contributed by atoms with Crippen LogP contribution in [-0.2, 0) is 26.0 Å². The standard InChI is InChI=1S/C29H29Cl3F2N2O6S2/c1-16-2-6-19(30)11-26(16)44(38,39)36-8-9-43-27(36)28(37)41-24(12-20-21(31)13-35-14-22(20)32)18-5-7-23(42-29(33)34)25(10-18)40-15-17-3-4-17/h2,5-7,10-11,13-14,16-17,24,26-27,29H,3-4,8-9,12,15H2,1H3/p+1/t16?,24-,26?,27?/m0/s1. The Bertz CT molecular complexity index is 1540. The van der Waals surface area contributed by atoms with Crippen LogP contribution in [0.25, 0.3) is 0 Å². The zero-order valence-electron chi connectivity index (χ0n) is 23.4. The Morgan fingerprint density at radius 1 is 1.16 bits per heavy atom. The van der Waals surface area contributed by atoms with Crippen LogP contribution in [0.4, 0.5) is 8.78 Å². The lowest BCUT2D eigenvalue weighted by molar-refractivity contribution is -0.377. The molecule has 0 spiro atoms. The zero-order chi connectivity index (χ0) is 31.6. The van der Waals surface area contributed by atoms with Gasteiger partial charge in [-0.3, -0.25) is 0 Å². The average molecular weight is 711 g/mol. The van der Waals surface area contributed by atoms with E-state index in [1.54, 1.807) is 19.1 Å².